The second-order valence-electron chi connectivity index (χ2n) is 19.3. The number of carbonyl (C=O) groups is 6. The molecular weight excluding hydrogens is 1100 g/mol. The number of methoxy groups -OCH3 is 1. The zero-order chi connectivity index (χ0) is 58.4. The summed E-state index contributed by atoms with van der Waals surface area (Å²) in [5.74, 6) is -7.34. The third kappa shape index (κ3) is 16.3. The summed E-state index contributed by atoms with van der Waals surface area (Å²) in [6, 6.07) is 12.6. The second-order valence-corrected chi connectivity index (χ2v) is 21.9. The molecule has 2 aliphatic rings. The number of halogens is 2. The number of nitriles is 1. The Morgan fingerprint density at radius 2 is 1.68 bits per heavy atom. The van der Waals surface area contributed by atoms with Crippen LogP contribution in [0.15, 0.2) is 79.4 Å². The second kappa shape index (κ2) is 28.2. The van der Waals surface area contributed by atoms with Gasteiger partial charge in [-0.2, -0.15) is 5.26 Å². The van der Waals surface area contributed by atoms with Crippen LogP contribution in [-0.4, -0.2) is 156 Å². The number of nitrogens with zero attached hydrogens (tertiary/aromatic N) is 6. The van der Waals surface area contributed by atoms with Crippen LogP contribution in [0.5, 0.6) is 5.88 Å². The van der Waals surface area contributed by atoms with Crippen molar-refractivity contribution in [3.8, 4) is 34.2 Å². The number of aliphatic hydroxyl groups is 3. The summed E-state index contributed by atoms with van der Waals surface area (Å²) in [5.41, 5.74) is 11.5. The minimum Gasteiger partial charge on any atom is -0.480 e. The summed E-state index contributed by atoms with van der Waals surface area (Å²) in [6.07, 6.45) is 1.46. The number of alkyl halides is 2. The number of likely N-dealkylation sites (tertiary alicyclic amines) is 1. The standard InChI is InChI=1S/C54H61F2N11O12S2/c1-29-48(72)47(43(25-68)79-53(29)76)66-50(74)42(65-45(70)11-10-44(69)62-24-36-17-32(12-14-59-36)49(73)64-30(2)52(75)67-28-54(55,56)20-37(67)21-57)27-81-80-16-4-5-46(71)78-26-35-8-6-33(22-61-35)38-13-15-60-41-9-7-31(18-39(38)41)34-19-40(58)51(77-3)63-23-34/h6-9,12-15,17-19,22-23,29-30,37,42-43,47-48,53,68,72,76H,4-5,10-11,16,20,24-28,58H2,1-3H3,(H,62,69)(H,64,73)(H,65,70)(H,66,74)/t29-,30?,37-,42?,43-,47-,48-,53?/m0/s1. The van der Waals surface area contributed by atoms with Gasteiger partial charge in [-0.05, 0) is 66.9 Å². The molecule has 2 aliphatic heterocycles. The minimum absolute atomic E-state index is 0.00494. The Morgan fingerprint density at radius 3 is 2.41 bits per heavy atom. The molecule has 0 radical (unpaired) electrons. The van der Waals surface area contributed by atoms with Crippen LogP contribution >= 0.6 is 21.6 Å². The Bertz CT molecular complexity index is 3120. The molecular formula is C54H61F2N11O12S2. The Morgan fingerprint density at radius 1 is 0.926 bits per heavy atom. The van der Waals surface area contributed by atoms with Gasteiger partial charge in [-0.1, -0.05) is 40.6 Å². The van der Waals surface area contributed by atoms with E-state index < -0.39 is 110 Å². The molecule has 4 aromatic heterocycles. The first-order chi connectivity index (χ1) is 38.8. The van der Waals surface area contributed by atoms with Crippen molar-refractivity contribution in [1.29, 1.82) is 5.26 Å². The van der Waals surface area contributed by atoms with Crippen LogP contribution in [0.4, 0.5) is 14.5 Å². The lowest BCUT2D eigenvalue weighted by Gasteiger charge is -2.41. The monoisotopic (exact) mass is 1160 g/mol. The molecule has 430 valence electrons. The van der Waals surface area contributed by atoms with Crippen molar-refractivity contribution >= 4 is 73.7 Å². The van der Waals surface area contributed by atoms with E-state index >= 15 is 0 Å². The molecule has 0 bridgehead atoms. The average molecular weight is 1160 g/mol. The lowest BCUT2D eigenvalue weighted by molar-refractivity contribution is -0.238. The van der Waals surface area contributed by atoms with E-state index in [0.29, 0.717) is 29.4 Å². The number of amides is 5. The predicted molar refractivity (Wildman–Crippen MR) is 293 cm³/mol. The maximum Gasteiger partial charge on any atom is 0.306 e. The Hall–Kier alpha value is -7.61. The molecule has 0 spiro atoms. The summed E-state index contributed by atoms with van der Waals surface area (Å²) >= 11 is 0. The SMILES string of the molecule is COc1ncc(-c2ccc3nccc(-c4ccc(COC(=O)CCCSSCC(NC(=O)CCC(=O)NCc5cc(C(=O)NC(C)C(=O)N6CC(F)(F)C[C@H]6C#N)ccn5)C(=O)N[C@@H]5[C@@H](O)[C@H](C)C(O)O[C@H]5CO)nc4)c3c2)cc1N. The first-order valence-corrected chi connectivity index (χ1v) is 28.1. The fourth-order valence-corrected chi connectivity index (χ4v) is 11.1. The number of hydrogen-bond donors (Lipinski definition) is 8. The molecule has 2 fully saturated rings. The predicted octanol–water partition coefficient (Wildman–Crippen LogP) is 3.20. The lowest BCUT2D eigenvalue weighted by Crippen LogP contribution is -2.64. The van der Waals surface area contributed by atoms with Crippen molar-refractivity contribution in [2.45, 2.75) is 108 Å². The van der Waals surface area contributed by atoms with E-state index in [1.54, 1.807) is 36.8 Å². The summed E-state index contributed by atoms with van der Waals surface area (Å²) < 4.78 is 44.0. The van der Waals surface area contributed by atoms with E-state index in [9.17, 15) is 58.1 Å². The van der Waals surface area contributed by atoms with Crippen LogP contribution < -0.4 is 31.7 Å². The van der Waals surface area contributed by atoms with Crippen molar-refractivity contribution in [2.24, 2.45) is 5.92 Å². The van der Waals surface area contributed by atoms with Gasteiger partial charge in [0.1, 0.15) is 30.8 Å². The highest BCUT2D eigenvalue weighted by atomic mass is 33.1. The number of ether oxygens (including phenoxy) is 3. The molecule has 23 nitrogen and oxygen atoms in total. The smallest absolute Gasteiger partial charge is 0.306 e. The maximum absolute atomic E-state index is 13.9. The number of fused-ring (bicyclic) bond motifs is 1. The molecule has 7 rings (SSSR count). The van der Waals surface area contributed by atoms with Crippen LogP contribution in [-0.2, 0) is 46.6 Å². The van der Waals surface area contributed by atoms with Crippen molar-refractivity contribution < 1.29 is 67.1 Å². The molecule has 27 heteroatoms. The number of hydrogen-bond acceptors (Lipinski definition) is 20. The molecule has 5 amide bonds. The zero-order valence-electron chi connectivity index (χ0n) is 44.3. The fourth-order valence-electron chi connectivity index (χ4n) is 8.85. The van der Waals surface area contributed by atoms with Crippen molar-refractivity contribution in [3.63, 3.8) is 0 Å². The first kappa shape index (κ1) is 61.0. The first-order valence-electron chi connectivity index (χ1n) is 25.6. The van der Waals surface area contributed by atoms with E-state index in [4.69, 9.17) is 19.9 Å². The number of nitrogen functional groups attached to an aromatic ring is 1. The van der Waals surface area contributed by atoms with Crippen molar-refractivity contribution in [2.75, 3.05) is 37.5 Å². The van der Waals surface area contributed by atoms with Crippen molar-refractivity contribution in [3.05, 3.63) is 96.3 Å². The number of benzene rings is 1. The Balaban J connectivity index is 0.861. The highest BCUT2D eigenvalue weighted by molar-refractivity contribution is 8.76. The molecule has 0 aliphatic carbocycles. The van der Waals surface area contributed by atoms with Gasteiger partial charge < -0.3 is 61.4 Å². The van der Waals surface area contributed by atoms with Gasteiger partial charge in [0.2, 0.25) is 29.5 Å². The van der Waals surface area contributed by atoms with E-state index in [1.165, 1.54) is 60.9 Å². The Labute approximate surface area is 471 Å². The number of carbonyl (C=O) groups excluding carboxylic acids is 6. The topological polar surface area (TPSA) is 344 Å². The molecule has 5 aromatic rings. The van der Waals surface area contributed by atoms with Gasteiger partial charge in [-0.3, -0.25) is 43.7 Å². The average Bonchev–Trinajstić information content (AvgIpc) is 3.90. The van der Waals surface area contributed by atoms with Gasteiger partial charge in [-0.25, -0.2) is 13.8 Å². The molecule has 9 N–H and O–H groups in total. The van der Waals surface area contributed by atoms with E-state index in [0.717, 1.165) is 38.1 Å². The quantitative estimate of drug-likeness (QED) is 0.0250. The maximum atomic E-state index is 13.9. The van der Waals surface area contributed by atoms with Crippen LogP contribution in [0, 0.1) is 17.2 Å². The van der Waals surface area contributed by atoms with Gasteiger partial charge in [0.15, 0.2) is 6.29 Å². The number of anilines is 1. The number of esters is 1. The number of rotatable bonds is 24. The normalized spacial score (nSPS) is 20.1. The molecule has 1 aromatic carbocycles. The van der Waals surface area contributed by atoms with E-state index in [1.807, 2.05) is 30.3 Å². The molecule has 8 atom stereocenters. The summed E-state index contributed by atoms with van der Waals surface area (Å²) in [4.78, 5) is 96.7. The van der Waals surface area contributed by atoms with E-state index in [2.05, 4.69) is 41.2 Å². The molecule has 81 heavy (non-hydrogen) atoms. The van der Waals surface area contributed by atoms with Crippen molar-refractivity contribution in [1.82, 2.24) is 46.1 Å². The number of nitrogens with two attached hydrogens (primary N) is 1. The minimum atomic E-state index is -3.23. The summed E-state index contributed by atoms with van der Waals surface area (Å²) in [7, 11) is 4.04. The van der Waals surface area contributed by atoms with Gasteiger partial charge >= 0.3 is 5.97 Å². The summed E-state index contributed by atoms with van der Waals surface area (Å²) in [6.45, 7) is 0.979. The Kier molecular flexibility index (Phi) is 21.2. The zero-order valence-corrected chi connectivity index (χ0v) is 45.9. The third-order valence-electron chi connectivity index (χ3n) is 13.3. The molecule has 6 heterocycles. The number of aromatic nitrogens is 4. The third-order valence-corrected chi connectivity index (χ3v) is 15.8. The molecule has 2 saturated heterocycles. The number of nitrogens with one attached hydrogen (secondary N) is 4. The number of pyridine rings is 4. The van der Waals surface area contributed by atoms with Crippen LogP contribution in [0.2, 0.25) is 0 Å². The van der Waals surface area contributed by atoms with Gasteiger partial charge in [0, 0.05) is 90.0 Å². The highest BCUT2D eigenvalue weighted by Crippen LogP contribution is 2.34. The van der Waals surface area contributed by atoms with Crippen LogP contribution in [0.1, 0.15) is 67.7 Å². The van der Waals surface area contributed by atoms with Gasteiger partial charge in [0.05, 0.1) is 67.6 Å². The van der Waals surface area contributed by atoms with Gasteiger partial charge in [0.25, 0.3) is 11.8 Å². The highest BCUT2D eigenvalue weighted by Gasteiger charge is 2.48. The number of aliphatic hydroxyl groups excluding tert-OH is 3. The fraction of sp³-hybridized carbons (Fsp3) is 0.426. The lowest BCUT2D eigenvalue weighted by atomic mass is 9.90. The molecule has 3 unspecified atom stereocenters. The van der Waals surface area contributed by atoms with E-state index in [-0.39, 0.29) is 49.4 Å². The largest absolute Gasteiger partial charge is 0.480 e. The van der Waals surface area contributed by atoms with Gasteiger partial charge in [-0.15, -0.1) is 0 Å². The summed E-state index contributed by atoms with van der Waals surface area (Å²) in [5, 5.41) is 51.5. The van der Waals surface area contributed by atoms with Crippen LogP contribution in [0.3, 0.4) is 0 Å². The van der Waals surface area contributed by atoms with Crippen LogP contribution in [0.25, 0.3) is 33.2 Å². The molecule has 0 saturated carbocycles.